The van der Waals surface area contributed by atoms with Crippen LogP contribution < -0.4 is 0 Å². The minimum absolute atomic E-state index is 0.150. The lowest BCUT2D eigenvalue weighted by molar-refractivity contribution is -0.111. The van der Waals surface area contributed by atoms with Gasteiger partial charge in [-0.3, -0.25) is 0 Å². The van der Waals surface area contributed by atoms with Gasteiger partial charge in [0.25, 0.3) is 0 Å². The van der Waals surface area contributed by atoms with E-state index < -0.39 is 0 Å². The van der Waals surface area contributed by atoms with Gasteiger partial charge in [0.1, 0.15) is 12.6 Å². The molecular formula is C12H20O2. The zero-order chi connectivity index (χ0) is 11.4. The number of carbonyl (C=O) groups is 2. The van der Waals surface area contributed by atoms with E-state index in [4.69, 9.17) is 0 Å². The van der Waals surface area contributed by atoms with E-state index in [0.29, 0.717) is 0 Å². The molecule has 0 unspecified atom stereocenters. The Balaban J connectivity index is 0. The predicted octanol–water partition coefficient (Wildman–Crippen LogP) is 2.80. The Kier molecular flexibility index (Phi) is 12.9. The normalized spacial score (nSPS) is 12.7. The lowest BCUT2D eigenvalue weighted by Crippen LogP contribution is -1.90. The summed E-state index contributed by atoms with van der Waals surface area (Å²) in [6, 6.07) is 0. The second-order valence-electron chi connectivity index (χ2n) is 3.28. The molecule has 0 N–H and O–H groups in total. The van der Waals surface area contributed by atoms with E-state index in [1.807, 2.05) is 13.8 Å². The summed E-state index contributed by atoms with van der Waals surface area (Å²) in [4.78, 5) is 19.7. The molecule has 0 amide bonds. The van der Waals surface area contributed by atoms with Crippen molar-refractivity contribution in [3.63, 3.8) is 0 Å². The first-order valence-electron chi connectivity index (χ1n) is 4.74. The Bertz CT molecular complexity index is 153. The van der Waals surface area contributed by atoms with E-state index in [-0.39, 0.29) is 11.8 Å². The average molecular weight is 196 g/mol. The standard InChI is InChI=1S/2C6H10O/c2*1-3-4-6(2)5-7/h2*3,5-6H,1,4H2,2H3/t2*6-/m10/s1. The third-order valence-corrected chi connectivity index (χ3v) is 1.54. The second-order valence-corrected chi connectivity index (χ2v) is 3.28. The van der Waals surface area contributed by atoms with E-state index in [1.54, 1.807) is 12.2 Å². The molecule has 14 heavy (non-hydrogen) atoms. The maximum absolute atomic E-state index is 9.85. The molecule has 0 aliphatic rings. The van der Waals surface area contributed by atoms with Crippen LogP contribution in [-0.2, 0) is 9.59 Å². The van der Waals surface area contributed by atoms with Crippen molar-refractivity contribution >= 4 is 12.6 Å². The molecule has 0 heterocycles. The van der Waals surface area contributed by atoms with Gasteiger partial charge in [-0.1, -0.05) is 26.0 Å². The zero-order valence-corrected chi connectivity index (χ0v) is 9.11. The van der Waals surface area contributed by atoms with E-state index in [1.165, 1.54) is 0 Å². The van der Waals surface area contributed by atoms with Gasteiger partial charge in [-0.05, 0) is 12.8 Å². The van der Waals surface area contributed by atoms with Crippen LogP contribution in [0.1, 0.15) is 26.7 Å². The fraction of sp³-hybridized carbons (Fsp3) is 0.500. The quantitative estimate of drug-likeness (QED) is 0.483. The molecule has 0 rings (SSSR count). The van der Waals surface area contributed by atoms with Crippen molar-refractivity contribution in [3.8, 4) is 0 Å². The highest BCUT2D eigenvalue weighted by atomic mass is 16.1. The van der Waals surface area contributed by atoms with Gasteiger partial charge in [0, 0.05) is 11.8 Å². The highest BCUT2D eigenvalue weighted by Crippen LogP contribution is 1.95. The summed E-state index contributed by atoms with van der Waals surface area (Å²) in [7, 11) is 0. The smallest absolute Gasteiger partial charge is 0.123 e. The largest absolute Gasteiger partial charge is 0.303 e. The minimum Gasteiger partial charge on any atom is -0.303 e. The van der Waals surface area contributed by atoms with Crippen molar-refractivity contribution in [2.24, 2.45) is 11.8 Å². The summed E-state index contributed by atoms with van der Waals surface area (Å²) in [5.41, 5.74) is 0. The van der Waals surface area contributed by atoms with Crippen molar-refractivity contribution in [2.75, 3.05) is 0 Å². The van der Waals surface area contributed by atoms with Crippen LogP contribution in [0.5, 0.6) is 0 Å². The van der Waals surface area contributed by atoms with Crippen molar-refractivity contribution in [3.05, 3.63) is 25.3 Å². The van der Waals surface area contributed by atoms with Crippen molar-refractivity contribution < 1.29 is 9.59 Å². The summed E-state index contributed by atoms with van der Waals surface area (Å²) in [6.45, 7) is 10.7. The van der Waals surface area contributed by atoms with Gasteiger partial charge < -0.3 is 9.59 Å². The van der Waals surface area contributed by atoms with Crippen molar-refractivity contribution in [1.82, 2.24) is 0 Å². The Labute approximate surface area is 86.7 Å². The van der Waals surface area contributed by atoms with Crippen LogP contribution in [0, 0.1) is 11.8 Å². The summed E-state index contributed by atoms with van der Waals surface area (Å²) in [5.74, 6) is 0.301. The van der Waals surface area contributed by atoms with Crippen molar-refractivity contribution in [1.29, 1.82) is 0 Å². The molecule has 2 nitrogen and oxygen atoms in total. The Morgan fingerprint density at radius 3 is 1.29 bits per heavy atom. The summed E-state index contributed by atoms with van der Waals surface area (Å²) >= 11 is 0. The molecule has 0 aromatic carbocycles. The van der Waals surface area contributed by atoms with Crippen LogP contribution in [0.3, 0.4) is 0 Å². The number of aldehydes is 2. The monoisotopic (exact) mass is 196 g/mol. The summed E-state index contributed by atoms with van der Waals surface area (Å²) in [6.07, 6.45) is 6.95. The third-order valence-electron chi connectivity index (χ3n) is 1.54. The summed E-state index contributed by atoms with van der Waals surface area (Å²) < 4.78 is 0. The Hall–Kier alpha value is -1.18. The van der Waals surface area contributed by atoms with E-state index in [9.17, 15) is 9.59 Å². The Morgan fingerprint density at radius 1 is 0.929 bits per heavy atom. The highest BCUT2D eigenvalue weighted by molar-refractivity contribution is 5.53. The lowest BCUT2D eigenvalue weighted by Gasteiger charge is -1.91. The molecule has 2 atom stereocenters. The topological polar surface area (TPSA) is 34.1 Å². The molecule has 0 aromatic heterocycles. The number of hydrogen-bond donors (Lipinski definition) is 0. The maximum Gasteiger partial charge on any atom is 0.123 e. The first-order valence-corrected chi connectivity index (χ1v) is 4.74. The first-order chi connectivity index (χ1) is 6.62. The number of carbonyl (C=O) groups excluding carboxylic acids is 2. The molecule has 0 spiro atoms. The molecule has 2 heteroatoms. The molecule has 80 valence electrons. The number of allylic oxidation sites excluding steroid dienone is 2. The average Bonchev–Trinajstić information content (AvgIpc) is 2.19. The van der Waals surface area contributed by atoms with Crippen LogP contribution >= 0.6 is 0 Å². The molecule has 0 aliphatic heterocycles. The van der Waals surface area contributed by atoms with Crippen LogP contribution in [-0.4, -0.2) is 12.6 Å². The fourth-order valence-electron chi connectivity index (χ4n) is 0.637. The molecule has 0 fully saturated rings. The molecule has 0 aromatic rings. The molecule has 0 saturated carbocycles. The second kappa shape index (κ2) is 11.8. The van der Waals surface area contributed by atoms with Gasteiger partial charge in [0.05, 0.1) is 0 Å². The van der Waals surface area contributed by atoms with E-state index in [2.05, 4.69) is 13.2 Å². The van der Waals surface area contributed by atoms with Crippen LogP contribution in [0.2, 0.25) is 0 Å². The highest BCUT2D eigenvalue weighted by Gasteiger charge is 1.91. The fourth-order valence-corrected chi connectivity index (χ4v) is 0.637. The third kappa shape index (κ3) is 13.4. The van der Waals surface area contributed by atoms with Crippen molar-refractivity contribution in [2.45, 2.75) is 26.7 Å². The van der Waals surface area contributed by atoms with Gasteiger partial charge in [-0.25, -0.2) is 0 Å². The zero-order valence-electron chi connectivity index (χ0n) is 9.11. The van der Waals surface area contributed by atoms with Gasteiger partial charge in [0.2, 0.25) is 0 Å². The van der Waals surface area contributed by atoms with Crippen LogP contribution in [0.15, 0.2) is 25.3 Å². The maximum atomic E-state index is 9.85. The lowest BCUT2D eigenvalue weighted by atomic mass is 10.1. The molecule has 0 bridgehead atoms. The van der Waals surface area contributed by atoms with Crippen LogP contribution in [0.4, 0.5) is 0 Å². The van der Waals surface area contributed by atoms with E-state index in [0.717, 1.165) is 25.4 Å². The van der Waals surface area contributed by atoms with Gasteiger partial charge in [-0.15, -0.1) is 13.2 Å². The van der Waals surface area contributed by atoms with E-state index >= 15 is 0 Å². The predicted molar refractivity (Wildman–Crippen MR) is 60.1 cm³/mol. The molecular weight excluding hydrogens is 176 g/mol. The van der Waals surface area contributed by atoms with Gasteiger partial charge in [0.15, 0.2) is 0 Å². The first kappa shape index (κ1) is 15.3. The Morgan fingerprint density at radius 2 is 1.21 bits per heavy atom. The van der Waals surface area contributed by atoms with Crippen LogP contribution in [0.25, 0.3) is 0 Å². The van der Waals surface area contributed by atoms with Gasteiger partial charge in [-0.2, -0.15) is 0 Å². The van der Waals surface area contributed by atoms with Gasteiger partial charge >= 0.3 is 0 Å². The SMILES string of the molecule is C=CC[C@@H](C)C=O.C=CC[C@H](C)C=O. The number of hydrogen-bond acceptors (Lipinski definition) is 2. The molecule has 0 radical (unpaired) electrons. The molecule has 0 saturated heterocycles. The molecule has 0 aliphatic carbocycles. The minimum atomic E-state index is 0.150. The number of rotatable bonds is 6. The summed E-state index contributed by atoms with van der Waals surface area (Å²) in [5, 5.41) is 0.